The maximum absolute atomic E-state index is 5.91. The summed E-state index contributed by atoms with van der Waals surface area (Å²) in [4.78, 5) is 27.5. The molecule has 438 valence electrons. The second-order valence-electron chi connectivity index (χ2n) is 25.4. The number of hydrogen-bond donors (Lipinski definition) is 0. The van der Waals surface area contributed by atoms with Gasteiger partial charge in [-0.2, -0.15) is 0 Å². The van der Waals surface area contributed by atoms with E-state index < -0.39 is 0 Å². The van der Waals surface area contributed by atoms with Gasteiger partial charge in [-0.1, -0.05) is 199 Å². The number of nitrogens with zero attached hydrogens (tertiary/aromatic N) is 8. The third kappa shape index (κ3) is 7.00. The van der Waals surface area contributed by atoms with Crippen LogP contribution in [0.4, 0.5) is 0 Å². The van der Waals surface area contributed by atoms with Crippen molar-refractivity contribution < 1.29 is 0 Å². The third-order valence-corrected chi connectivity index (χ3v) is 22.9. The first-order chi connectivity index (χ1) is 46.6. The molecule has 8 nitrogen and oxygen atoms in total. The molecule has 2 aliphatic carbocycles. The van der Waals surface area contributed by atoms with Crippen LogP contribution in [0.5, 0.6) is 0 Å². The Bertz CT molecular complexity index is 6490. The standard InChI is InChI=1S/C84H50N8S2/c1-3-18-51(19-4-1)89-65-29-13-10-24-57(65)75-68(89)44-41-60-73-53-22-8-7-17-47(53)35-42-67(73)92(80(60)75)84-86-63-27-16-32-71-77(63)79(88-84)59-38-34-49(46-72(59)94-71)48-33-37-54-50(45-48)36-43-66-74(54)61-40-39-56-55-23-9-12-28-64(55)91(81(56)82(61)90(66)52-20-5-2-6-21-52)83-85-62-26-15-31-70-76(62)78(87-83)58-25-11-14-30-69(58)93-70/h1-6,8-16,18-46,77,79H,7,17H2. The summed E-state index contributed by atoms with van der Waals surface area (Å²) in [5.41, 5.74) is 21.6. The molecule has 2 unspecified atom stereocenters. The Hall–Kier alpha value is -11.3. The molecule has 0 saturated carbocycles. The number of para-hydroxylation sites is 4. The molecule has 0 radical (unpaired) electrons. The zero-order chi connectivity index (χ0) is 61.0. The normalized spacial score (nSPS) is 16.2. The second-order valence-corrected chi connectivity index (χ2v) is 27.6. The van der Waals surface area contributed by atoms with Crippen LogP contribution in [0.1, 0.15) is 29.2 Å². The van der Waals surface area contributed by atoms with Gasteiger partial charge in [-0.05, 0) is 142 Å². The van der Waals surface area contributed by atoms with Crippen molar-refractivity contribution in [2.45, 2.75) is 33.6 Å². The topological polar surface area (TPSA) is 70.2 Å². The van der Waals surface area contributed by atoms with Gasteiger partial charge in [0, 0.05) is 85.0 Å². The maximum Gasteiger partial charge on any atom is 0.235 e. The van der Waals surface area contributed by atoms with Gasteiger partial charge in [0.2, 0.25) is 11.9 Å². The Morgan fingerprint density at radius 1 is 0.436 bits per heavy atom. The fourth-order valence-corrected chi connectivity index (χ4v) is 19.0. The maximum atomic E-state index is 5.91. The van der Waals surface area contributed by atoms with Crippen LogP contribution in [-0.4, -0.2) is 39.9 Å². The molecular weight excluding hydrogens is 1190 g/mol. The summed E-state index contributed by atoms with van der Waals surface area (Å²) in [5.74, 6) is 1.39. The van der Waals surface area contributed by atoms with E-state index in [1.807, 2.05) is 11.8 Å². The molecule has 2 atom stereocenters. The highest BCUT2D eigenvalue weighted by atomic mass is 32.2. The predicted molar refractivity (Wildman–Crippen MR) is 391 cm³/mol. The van der Waals surface area contributed by atoms with Crippen molar-refractivity contribution in [3.8, 4) is 39.7 Å². The van der Waals surface area contributed by atoms with Gasteiger partial charge in [0.05, 0.1) is 73.0 Å². The minimum absolute atomic E-state index is 0.0157. The summed E-state index contributed by atoms with van der Waals surface area (Å²) in [7, 11) is 0. The summed E-state index contributed by atoms with van der Waals surface area (Å²) in [6.45, 7) is 0. The fourth-order valence-electron chi connectivity index (χ4n) is 16.6. The number of hydrogen-bond acceptors (Lipinski definition) is 6. The quantitative estimate of drug-likeness (QED) is 0.176. The lowest BCUT2D eigenvalue weighted by Crippen LogP contribution is -2.32. The first-order valence-electron chi connectivity index (χ1n) is 32.3. The van der Waals surface area contributed by atoms with Crippen molar-refractivity contribution in [3.63, 3.8) is 0 Å². The number of benzene rings is 12. The van der Waals surface area contributed by atoms with Gasteiger partial charge in [-0.25, -0.2) is 20.0 Å². The second kappa shape index (κ2) is 19.1. The van der Waals surface area contributed by atoms with Gasteiger partial charge in [0.1, 0.15) is 0 Å². The Kier molecular flexibility index (Phi) is 10.5. The van der Waals surface area contributed by atoms with Crippen LogP contribution in [0, 0.1) is 5.92 Å². The molecule has 22 rings (SSSR count). The number of aliphatic imine (C=N–C) groups is 2. The highest BCUT2D eigenvalue weighted by molar-refractivity contribution is 8.03. The lowest BCUT2D eigenvalue weighted by atomic mass is 9.84. The summed E-state index contributed by atoms with van der Waals surface area (Å²) in [5, 5.41) is 13.1. The van der Waals surface area contributed by atoms with Crippen molar-refractivity contribution in [1.82, 2.24) is 28.2 Å². The molecule has 3 aliphatic heterocycles. The van der Waals surface area contributed by atoms with Crippen molar-refractivity contribution >= 4 is 150 Å². The van der Waals surface area contributed by atoms with E-state index in [1.54, 1.807) is 11.8 Å². The molecule has 8 heterocycles. The first-order valence-corrected chi connectivity index (χ1v) is 33.9. The van der Waals surface area contributed by atoms with Gasteiger partial charge >= 0.3 is 0 Å². The van der Waals surface area contributed by atoms with Gasteiger partial charge < -0.3 is 9.13 Å². The van der Waals surface area contributed by atoms with Gasteiger partial charge in [0.25, 0.3) is 0 Å². The summed E-state index contributed by atoms with van der Waals surface area (Å²) in [6.07, 6.45) is 13.5. The van der Waals surface area contributed by atoms with E-state index in [0.717, 1.165) is 107 Å². The summed E-state index contributed by atoms with van der Waals surface area (Å²) < 4.78 is 9.64. The molecule has 0 N–H and O–H groups in total. The molecule has 5 aliphatic rings. The lowest BCUT2D eigenvalue weighted by molar-refractivity contribution is 0.611. The van der Waals surface area contributed by atoms with Crippen molar-refractivity contribution in [2.24, 2.45) is 15.9 Å². The van der Waals surface area contributed by atoms with Crippen LogP contribution < -0.4 is 0 Å². The Labute approximate surface area is 546 Å². The van der Waals surface area contributed by atoms with Crippen molar-refractivity contribution in [2.75, 3.05) is 0 Å². The fraction of sp³-hybridized carbons (Fsp3) is 0.0476. The first kappa shape index (κ1) is 51.3. The van der Waals surface area contributed by atoms with E-state index in [1.165, 1.54) is 96.0 Å². The molecule has 0 fully saturated rings. The molecule has 10 heteroatoms. The molecule has 5 aromatic heterocycles. The molecule has 0 saturated heterocycles. The van der Waals surface area contributed by atoms with Crippen LogP contribution in [0.2, 0.25) is 0 Å². The van der Waals surface area contributed by atoms with E-state index in [-0.39, 0.29) is 12.0 Å². The predicted octanol–water partition coefficient (Wildman–Crippen LogP) is 21.5. The minimum Gasteiger partial charge on any atom is -0.309 e. The minimum atomic E-state index is -0.180. The third-order valence-electron chi connectivity index (χ3n) is 20.6. The number of fused-ring (bicyclic) bond motifs is 22. The van der Waals surface area contributed by atoms with Crippen molar-refractivity contribution in [3.05, 3.63) is 282 Å². The Balaban J connectivity index is 0.715. The van der Waals surface area contributed by atoms with Crippen LogP contribution >= 0.6 is 23.5 Å². The molecule has 0 spiro atoms. The molecule has 12 aromatic carbocycles. The molecule has 94 heavy (non-hydrogen) atoms. The average Bonchev–Trinajstić information content (AvgIpc) is 1.50. The number of thioether (sulfide) groups is 1. The molecular formula is C84H50N8S2. The average molecular weight is 1240 g/mol. The van der Waals surface area contributed by atoms with Crippen molar-refractivity contribution in [1.29, 1.82) is 0 Å². The molecule has 0 bridgehead atoms. The van der Waals surface area contributed by atoms with E-state index in [2.05, 4.69) is 285 Å². The van der Waals surface area contributed by atoms with E-state index in [9.17, 15) is 0 Å². The SMILES string of the molecule is C1=CC2=NC(n3c4ccc5c(c4c4ccc6c(c7ccccc7n6-c6ccccc6)c43)C=CCC5)=NC3c4ccc(-c5ccc6c(ccc7c6c6ccc8c9ccccc9n(-c9nc%10c%11c(cccc%11n9)Sc9ccccc9-%10)c8c6n7-c6ccccc6)c5)cc4SC(=C1)C23. The number of aromatic nitrogens is 6. The smallest absolute Gasteiger partial charge is 0.235 e. The zero-order valence-electron chi connectivity index (χ0n) is 50.4. The van der Waals surface area contributed by atoms with E-state index in [0.29, 0.717) is 5.95 Å². The molecule has 0 amide bonds. The van der Waals surface area contributed by atoms with E-state index in [4.69, 9.17) is 20.0 Å². The highest BCUT2D eigenvalue weighted by Crippen LogP contribution is 2.55. The molecule has 17 aromatic rings. The Morgan fingerprint density at radius 2 is 1.13 bits per heavy atom. The van der Waals surface area contributed by atoms with Crippen LogP contribution in [-0.2, 0) is 6.42 Å². The number of aryl methyl sites for hydroxylation is 1. The van der Waals surface area contributed by atoms with E-state index >= 15 is 0 Å². The van der Waals surface area contributed by atoms with Crippen LogP contribution in [0.15, 0.2) is 290 Å². The highest BCUT2D eigenvalue weighted by Gasteiger charge is 2.41. The monoisotopic (exact) mass is 1230 g/mol. The van der Waals surface area contributed by atoms with Gasteiger partial charge in [-0.3, -0.25) is 9.13 Å². The van der Waals surface area contributed by atoms with Crippen LogP contribution in [0.3, 0.4) is 0 Å². The summed E-state index contributed by atoms with van der Waals surface area (Å²) in [6, 6.07) is 87.0. The zero-order valence-corrected chi connectivity index (χ0v) is 52.0. The summed E-state index contributed by atoms with van der Waals surface area (Å²) >= 11 is 3.67. The number of allylic oxidation sites excluding steroid dienone is 4. The van der Waals surface area contributed by atoms with Crippen LogP contribution in [0.25, 0.3) is 155 Å². The largest absolute Gasteiger partial charge is 0.309 e. The van der Waals surface area contributed by atoms with Gasteiger partial charge in [0.15, 0.2) is 0 Å². The Morgan fingerprint density at radius 3 is 2.02 bits per heavy atom. The number of rotatable bonds is 4. The van der Waals surface area contributed by atoms with Gasteiger partial charge in [-0.15, -0.1) is 0 Å². The lowest BCUT2D eigenvalue weighted by Gasteiger charge is -2.37.